The van der Waals surface area contributed by atoms with Crippen LogP contribution in [-0.2, 0) is 6.42 Å². The Balaban J connectivity index is 1.91. The number of hydrogen-bond acceptors (Lipinski definition) is 4. The molecule has 2 aromatic rings. The van der Waals surface area contributed by atoms with Crippen molar-refractivity contribution in [3.63, 3.8) is 0 Å². The van der Waals surface area contributed by atoms with Crippen LogP contribution in [0.25, 0.3) is 0 Å². The molecule has 0 aliphatic rings. The van der Waals surface area contributed by atoms with Crippen LogP contribution in [0.3, 0.4) is 0 Å². The highest BCUT2D eigenvalue weighted by atomic mass is 32.1. The molecule has 1 heterocycles. The van der Waals surface area contributed by atoms with Crippen molar-refractivity contribution >= 4 is 17.2 Å². The lowest BCUT2D eigenvalue weighted by molar-refractivity contribution is 0.0937. The predicted molar refractivity (Wildman–Crippen MR) is 82.1 cm³/mol. The second-order valence-corrected chi connectivity index (χ2v) is 5.61. The number of rotatable bonds is 6. The third-order valence-corrected chi connectivity index (χ3v) is 3.79. The number of nitrogens with zero attached hydrogens (tertiary/aromatic N) is 2. The summed E-state index contributed by atoms with van der Waals surface area (Å²) in [6.07, 6.45) is 0.908. The van der Waals surface area contributed by atoms with Gasteiger partial charge in [0.05, 0.1) is 5.51 Å². The normalized spacial score (nSPS) is 12.3. The Morgan fingerprint density at radius 1 is 1.35 bits per heavy atom. The lowest BCUT2D eigenvalue weighted by Crippen LogP contribution is -2.41. The van der Waals surface area contributed by atoms with E-state index in [0.717, 1.165) is 6.42 Å². The highest BCUT2D eigenvalue weighted by Crippen LogP contribution is 2.07. The lowest BCUT2D eigenvalue weighted by Gasteiger charge is -2.24. The molecule has 5 heteroatoms. The van der Waals surface area contributed by atoms with Crippen LogP contribution in [0.5, 0.6) is 0 Å². The van der Waals surface area contributed by atoms with Gasteiger partial charge in [-0.3, -0.25) is 4.79 Å². The van der Waals surface area contributed by atoms with Crippen molar-refractivity contribution in [3.05, 3.63) is 52.5 Å². The highest BCUT2D eigenvalue weighted by Gasteiger charge is 2.15. The third-order valence-electron chi connectivity index (χ3n) is 3.21. The van der Waals surface area contributed by atoms with Crippen LogP contribution in [-0.4, -0.2) is 42.5 Å². The van der Waals surface area contributed by atoms with E-state index in [-0.39, 0.29) is 11.9 Å². The summed E-state index contributed by atoms with van der Waals surface area (Å²) in [5, 5.41) is 4.71. The van der Waals surface area contributed by atoms with E-state index in [1.807, 2.05) is 32.3 Å². The Hall–Kier alpha value is -1.72. The first kappa shape index (κ1) is 14.7. The van der Waals surface area contributed by atoms with E-state index in [0.29, 0.717) is 12.2 Å². The summed E-state index contributed by atoms with van der Waals surface area (Å²) in [6.45, 7) is 0.609. The maximum Gasteiger partial charge on any atom is 0.270 e. The van der Waals surface area contributed by atoms with Crippen LogP contribution < -0.4 is 5.32 Å². The van der Waals surface area contributed by atoms with E-state index in [1.165, 1.54) is 16.9 Å². The molecule has 0 bridgehead atoms. The van der Waals surface area contributed by atoms with Crippen LogP contribution in [0.15, 0.2) is 41.2 Å². The second-order valence-electron chi connectivity index (χ2n) is 4.89. The molecule has 1 N–H and O–H groups in total. The number of likely N-dealkylation sites (N-methyl/N-ethyl adjacent to an activating group) is 1. The van der Waals surface area contributed by atoms with E-state index in [2.05, 4.69) is 27.3 Å². The fourth-order valence-corrected chi connectivity index (χ4v) is 2.48. The molecular weight excluding hydrogens is 270 g/mol. The van der Waals surface area contributed by atoms with Gasteiger partial charge in [0.15, 0.2) is 0 Å². The van der Waals surface area contributed by atoms with Crippen LogP contribution >= 0.6 is 11.3 Å². The summed E-state index contributed by atoms with van der Waals surface area (Å²) in [7, 11) is 4.06. The summed E-state index contributed by atoms with van der Waals surface area (Å²) >= 11 is 1.43. The number of benzene rings is 1. The monoisotopic (exact) mass is 289 g/mol. The van der Waals surface area contributed by atoms with Gasteiger partial charge >= 0.3 is 0 Å². The molecule has 0 radical (unpaired) electrons. The molecule has 1 aromatic heterocycles. The Morgan fingerprint density at radius 3 is 2.70 bits per heavy atom. The molecule has 4 nitrogen and oxygen atoms in total. The number of carbonyl (C=O) groups is 1. The maximum atomic E-state index is 11.9. The van der Waals surface area contributed by atoms with E-state index < -0.39 is 0 Å². The van der Waals surface area contributed by atoms with E-state index in [9.17, 15) is 4.79 Å². The van der Waals surface area contributed by atoms with Gasteiger partial charge in [0.25, 0.3) is 5.91 Å². The average molecular weight is 289 g/mol. The first-order valence-corrected chi connectivity index (χ1v) is 7.48. The largest absolute Gasteiger partial charge is 0.349 e. The zero-order chi connectivity index (χ0) is 14.4. The molecule has 0 aliphatic carbocycles. The molecule has 1 amide bonds. The van der Waals surface area contributed by atoms with Crippen LogP contribution in [0.2, 0.25) is 0 Å². The summed E-state index contributed by atoms with van der Waals surface area (Å²) < 4.78 is 0. The van der Waals surface area contributed by atoms with Crippen molar-refractivity contribution in [1.29, 1.82) is 0 Å². The van der Waals surface area contributed by atoms with Crippen LogP contribution in [0, 0.1) is 0 Å². The van der Waals surface area contributed by atoms with Crippen molar-refractivity contribution in [2.24, 2.45) is 0 Å². The number of aromatic nitrogens is 1. The fourth-order valence-electron chi connectivity index (χ4n) is 1.95. The fraction of sp³-hybridized carbons (Fsp3) is 0.333. The minimum atomic E-state index is -0.105. The van der Waals surface area contributed by atoms with Crippen LogP contribution in [0.1, 0.15) is 16.1 Å². The first-order chi connectivity index (χ1) is 9.66. The molecule has 0 aliphatic heterocycles. The Labute approximate surface area is 123 Å². The topological polar surface area (TPSA) is 45.2 Å². The molecular formula is C15H19N3OS. The minimum Gasteiger partial charge on any atom is -0.349 e. The van der Waals surface area contributed by atoms with Crippen molar-refractivity contribution in [2.75, 3.05) is 20.6 Å². The molecule has 1 atom stereocenters. The number of amides is 1. The van der Waals surface area contributed by atoms with Gasteiger partial charge in [0, 0.05) is 18.0 Å². The molecule has 0 spiro atoms. The SMILES string of the molecule is CN(C)C(CNC(=O)c1cscn1)Cc1ccccc1. The molecule has 0 saturated carbocycles. The van der Waals surface area contributed by atoms with Gasteiger partial charge in [0.1, 0.15) is 5.69 Å². The second kappa shape index (κ2) is 7.17. The smallest absolute Gasteiger partial charge is 0.270 e. The number of thiazole rings is 1. The highest BCUT2D eigenvalue weighted by molar-refractivity contribution is 7.07. The molecule has 106 valence electrons. The molecule has 0 saturated heterocycles. The number of hydrogen-bond donors (Lipinski definition) is 1. The zero-order valence-corrected chi connectivity index (χ0v) is 12.6. The summed E-state index contributed by atoms with van der Waals surface area (Å²) in [4.78, 5) is 18.0. The van der Waals surface area contributed by atoms with Gasteiger partial charge in [-0.05, 0) is 26.1 Å². The number of carbonyl (C=O) groups excluding carboxylic acids is 1. The van der Waals surface area contributed by atoms with Gasteiger partial charge < -0.3 is 10.2 Å². The predicted octanol–water partition coefficient (Wildman–Crippen LogP) is 2.05. The van der Waals surface area contributed by atoms with Crippen molar-refractivity contribution < 1.29 is 4.79 Å². The Bertz CT molecular complexity index is 525. The summed E-state index contributed by atoms with van der Waals surface area (Å²) in [5.74, 6) is -0.105. The minimum absolute atomic E-state index is 0.105. The lowest BCUT2D eigenvalue weighted by atomic mass is 10.1. The van der Waals surface area contributed by atoms with Gasteiger partial charge in [-0.15, -0.1) is 11.3 Å². The van der Waals surface area contributed by atoms with Crippen molar-refractivity contribution in [2.45, 2.75) is 12.5 Å². The van der Waals surface area contributed by atoms with Gasteiger partial charge in [0.2, 0.25) is 0 Å². The Morgan fingerprint density at radius 2 is 2.10 bits per heavy atom. The Kier molecular flexibility index (Phi) is 5.26. The molecule has 0 fully saturated rings. The van der Waals surface area contributed by atoms with E-state index in [1.54, 1.807) is 10.9 Å². The van der Waals surface area contributed by atoms with Gasteiger partial charge in [-0.1, -0.05) is 30.3 Å². The van der Waals surface area contributed by atoms with Crippen molar-refractivity contribution in [3.8, 4) is 0 Å². The standard InChI is InChI=1S/C15H19N3OS/c1-18(2)13(8-12-6-4-3-5-7-12)9-16-15(19)14-10-20-11-17-14/h3-7,10-11,13H,8-9H2,1-2H3,(H,16,19). The quantitative estimate of drug-likeness (QED) is 0.885. The summed E-state index contributed by atoms with van der Waals surface area (Å²) in [5.41, 5.74) is 3.43. The average Bonchev–Trinajstić information content (AvgIpc) is 2.98. The van der Waals surface area contributed by atoms with Crippen molar-refractivity contribution in [1.82, 2.24) is 15.2 Å². The molecule has 20 heavy (non-hydrogen) atoms. The molecule has 1 aromatic carbocycles. The van der Waals surface area contributed by atoms with Gasteiger partial charge in [-0.2, -0.15) is 0 Å². The van der Waals surface area contributed by atoms with Gasteiger partial charge in [-0.25, -0.2) is 4.98 Å². The zero-order valence-electron chi connectivity index (χ0n) is 11.7. The first-order valence-electron chi connectivity index (χ1n) is 6.53. The van der Waals surface area contributed by atoms with E-state index in [4.69, 9.17) is 0 Å². The summed E-state index contributed by atoms with van der Waals surface area (Å²) in [6, 6.07) is 10.6. The molecule has 2 rings (SSSR count). The number of nitrogens with one attached hydrogen (secondary N) is 1. The molecule has 1 unspecified atom stereocenters. The van der Waals surface area contributed by atoms with E-state index >= 15 is 0 Å². The maximum absolute atomic E-state index is 11.9. The van der Waals surface area contributed by atoms with Crippen LogP contribution in [0.4, 0.5) is 0 Å². The third kappa shape index (κ3) is 4.15.